The maximum Gasteiger partial charge on any atom is 0.343 e. The third-order valence-corrected chi connectivity index (χ3v) is 7.45. The summed E-state index contributed by atoms with van der Waals surface area (Å²) in [4.78, 5) is 29.1. The summed E-state index contributed by atoms with van der Waals surface area (Å²) in [6.07, 6.45) is 0.577. The molecule has 170 valence electrons. The first-order valence-electron chi connectivity index (χ1n) is 11.2. The van der Waals surface area contributed by atoms with Gasteiger partial charge in [0.1, 0.15) is 16.9 Å². The number of hydrogen-bond acceptors (Lipinski definition) is 6. The van der Waals surface area contributed by atoms with E-state index in [1.54, 1.807) is 35.6 Å². The molecule has 0 spiro atoms. The fourth-order valence-corrected chi connectivity index (χ4v) is 5.63. The van der Waals surface area contributed by atoms with Gasteiger partial charge in [0.2, 0.25) is 0 Å². The van der Waals surface area contributed by atoms with Crippen molar-refractivity contribution in [3.05, 3.63) is 81.2 Å². The average Bonchev–Trinajstić information content (AvgIpc) is 3.18. The molecule has 0 unspecified atom stereocenters. The SMILES string of the molecule is Cc1ccc(C(=O)Oc2ccc([C@H]3NC(=O)c4c(sc5c4CCN(C(C)C)C5)N3)cc2)cc1. The van der Waals surface area contributed by atoms with E-state index in [4.69, 9.17) is 4.74 Å². The van der Waals surface area contributed by atoms with Gasteiger partial charge < -0.3 is 15.4 Å². The Morgan fingerprint density at radius 1 is 1.09 bits per heavy atom. The molecule has 2 aromatic carbocycles. The van der Waals surface area contributed by atoms with Crippen LogP contribution in [-0.4, -0.2) is 29.4 Å². The van der Waals surface area contributed by atoms with E-state index in [0.29, 0.717) is 17.4 Å². The predicted molar refractivity (Wildman–Crippen MR) is 130 cm³/mol. The number of carbonyl (C=O) groups excluding carboxylic acids is 2. The van der Waals surface area contributed by atoms with E-state index in [9.17, 15) is 9.59 Å². The van der Waals surface area contributed by atoms with E-state index in [-0.39, 0.29) is 12.1 Å². The molecule has 1 amide bonds. The van der Waals surface area contributed by atoms with Gasteiger partial charge >= 0.3 is 5.97 Å². The molecule has 1 aromatic heterocycles. The number of nitrogens with one attached hydrogen (secondary N) is 2. The molecule has 2 aliphatic heterocycles. The fourth-order valence-electron chi connectivity index (χ4n) is 4.33. The van der Waals surface area contributed by atoms with Gasteiger partial charge in [-0.15, -0.1) is 11.3 Å². The third kappa shape index (κ3) is 4.26. The summed E-state index contributed by atoms with van der Waals surface area (Å²) >= 11 is 1.69. The zero-order chi connectivity index (χ0) is 23.1. The van der Waals surface area contributed by atoms with Crippen LogP contribution in [0.1, 0.15) is 62.3 Å². The number of anilines is 1. The highest BCUT2D eigenvalue weighted by atomic mass is 32.1. The molecule has 0 fully saturated rings. The average molecular weight is 462 g/mol. The van der Waals surface area contributed by atoms with Crippen molar-refractivity contribution in [1.82, 2.24) is 10.2 Å². The number of thiophene rings is 1. The van der Waals surface area contributed by atoms with Crippen molar-refractivity contribution in [2.45, 2.75) is 45.9 Å². The van der Waals surface area contributed by atoms with Crippen molar-refractivity contribution in [3.8, 4) is 5.75 Å². The Morgan fingerprint density at radius 3 is 2.52 bits per heavy atom. The van der Waals surface area contributed by atoms with Crippen LogP contribution in [0.25, 0.3) is 0 Å². The van der Waals surface area contributed by atoms with Crippen LogP contribution in [0.15, 0.2) is 48.5 Å². The maximum atomic E-state index is 13.0. The van der Waals surface area contributed by atoms with Gasteiger partial charge in [0.05, 0.1) is 11.1 Å². The van der Waals surface area contributed by atoms with Crippen molar-refractivity contribution < 1.29 is 14.3 Å². The molecule has 3 aromatic rings. The molecule has 2 aliphatic rings. The van der Waals surface area contributed by atoms with Gasteiger partial charge in [0.15, 0.2) is 0 Å². The number of esters is 1. The monoisotopic (exact) mass is 461 g/mol. The van der Waals surface area contributed by atoms with Gasteiger partial charge in [-0.3, -0.25) is 9.69 Å². The van der Waals surface area contributed by atoms with E-state index in [2.05, 4.69) is 29.4 Å². The van der Waals surface area contributed by atoms with Crippen LogP contribution >= 0.6 is 11.3 Å². The summed E-state index contributed by atoms with van der Waals surface area (Å²) in [6, 6.07) is 15.0. The van der Waals surface area contributed by atoms with Gasteiger partial charge in [-0.1, -0.05) is 29.8 Å². The Labute approximate surface area is 197 Å². The number of benzene rings is 2. The minimum atomic E-state index is -0.393. The first-order valence-corrected chi connectivity index (χ1v) is 12.1. The van der Waals surface area contributed by atoms with Crippen LogP contribution < -0.4 is 15.4 Å². The molecule has 0 bridgehead atoms. The molecular formula is C26H27N3O3S. The van der Waals surface area contributed by atoms with Crippen molar-refractivity contribution in [3.63, 3.8) is 0 Å². The molecular weight excluding hydrogens is 434 g/mol. The van der Waals surface area contributed by atoms with E-state index < -0.39 is 5.97 Å². The Bertz CT molecular complexity index is 1200. The van der Waals surface area contributed by atoms with Gasteiger partial charge in [0.25, 0.3) is 5.91 Å². The highest BCUT2D eigenvalue weighted by Crippen LogP contribution is 2.41. The molecule has 0 radical (unpaired) electrons. The van der Waals surface area contributed by atoms with Crippen LogP contribution in [0, 0.1) is 6.92 Å². The molecule has 33 heavy (non-hydrogen) atoms. The van der Waals surface area contributed by atoms with Crippen LogP contribution in [0.4, 0.5) is 5.00 Å². The standard InChI is InChI=1S/C26H27N3O3S/c1-15(2)29-13-12-20-21(14-29)33-25-22(20)24(30)27-23(28-25)17-8-10-19(11-9-17)32-26(31)18-6-4-16(3)5-7-18/h4-11,15,23,28H,12-14H2,1-3H3,(H,27,30)/t23-/m0/s1. The first-order chi connectivity index (χ1) is 15.9. The molecule has 5 rings (SSSR count). The molecule has 0 aliphatic carbocycles. The summed E-state index contributed by atoms with van der Waals surface area (Å²) in [5.74, 6) is 0.0442. The summed E-state index contributed by atoms with van der Waals surface area (Å²) < 4.78 is 5.50. The predicted octanol–water partition coefficient (Wildman–Crippen LogP) is 4.90. The summed E-state index contributed by atoms with van der Waals surface area (Å²) in [5, 5.41) is 7.52. The number of carbonyl (C=O) groups is 2. The number of nitrogens with zero attached hydrogens (tertiary/aromatic N) is 1. The summed E-state index contributed by atoms with van der Waals surface area (Å²) in [5.41, 5.74) is 4.49. The van der Waals surface area contributed by atoms with Gasteiger partial charge in [0, 0.05) is 24.0 Å². The fraction of sp³-hybridized carbons (Fsp3) is 0.308. The minimum Gasteiger partial charge on any atom is -0.423 e. The lowest BCUT2D eigenvalue weighted by molar-refractivity contribution is 0.0734. The number of fused-ring (bicyclic) bond motifs is 3. The van der Waals surface area contributed by atoms with Crippen LogP contribution in [0.5, 0.6) is 5.75 Å². The van der Waals surface area contributed by atoms with Crippen LogP contribution in [0.3, 0.4) is 0 Å². The number of amides is 1. The topological polar surface area (TPSA) is 70.7 Å². The first kappa shape index (κ1) is 21.7. The van der Waals surface area contributed by atoms with Crippen molar-refractivity contribution in [2.24, 2.45) is 0 Å². The molecule has 6 nitrogen and oxygen atoms in total. The van der Waals surface area contributed by atoms with E-state index in [0.717, 1.165) is 41.2 Å². The largest absolute Gasteiger partial charge is 0.423 e. The third-order valence-electron chi connectivity index (χ3n) is 6.31. The summed E-state index contributed by atoms with van der Waals surface area (Å²) in [6.45, 7) is 8.27. The molecule has 1 atom stereocenters. The van der Waals surface area contributed by atoms with E-state index in [1.165, 1.54) is 10.4 Å². The van der Waals surface area contributed by atoms with Gasteiger partial charge in [-0.25, -0.2) is 4.79 Å². The molecule has 0 saturated carbocycles. The van der Waals surface area contributed by atoms with Crippen molar-refractivity contribution >= 4 is 28.2 Å². The van der Waals surface area contributed by atoms with Gasteiger partial charge in [-0.2, -0.15) is 0 Å². The zero-order valence-electron chi connectivity index (χ0n) is 19.0. The lowest BCUT2D eigenvalue weighted by Crippen LogP contribution is -2.39. The number of aryl methyl sites for hydroxylation is 1. The molecule has 7 heteroatoms. The minimum absolute atomic E-state index is 0.0286. The smallest absolute Gasteiger partial charge is 0.343 e. The second kappa shape index (κ2) is 8.65. The Balaban J connectivity index is 1.30. The molecule has 3 heterocycles. The zero-order valence-corrected chi connectivity index (χ0v) is 19.8. The van der Waals surface area contributed by atoms with Gasteiger partial charge in [-0.05, 0) is 62.6 Å². The lowest BCUT2D eigenvalue weighted by Gasteiger charge is -2.31. The summed E-state index contributed by atoms with van der Waals surface area (Å²) in [7, 11) is 0. The Hall–Kier alpha value is -3.16. The Kier molecular flexibility index (Phi) is 5.68. The Morgan fingerprint density at radius 2 is 1.82 bits per heavy atom. The quantitative estimate of drug-likeness (QED) is 0.427. The highest BCUT2D eigenvalue weighted by molar-refractivity contribution is 7.16. The van der Waals surface area contributed by atoms with E-state index >= 15 is 0 Å². The maximum absolute atomic E-state index is 13.0. The highest BCUT2D eigenvalue weighted by Gasteiger charge is 2.33. The molecule has 0 saturated heterocycles. The number of rotatable bonds is 4. The number of ether oxygens (including phenoxy) is 1. The van der Waals surface area contributed by atoms with Crippen LogP contribution in [-0.2, 0) is 13.0 Å². The van der Waals surface area contributed by atoms with Crippen molar-refractivity contribution in [1.29, 1.82) is 0 Å². The normalized spacial score (nSPS) is 17.7. The second-order valence-electron chi connectivity index (χ2n) is 8.90. The van der Waals surface area contributed by atoms with E-state index in [1.807, 2.05) is 31.2 Å². The second-order valence-corrected chi connectivity index (χ2v) is 10.0. The lowest BCUT2D eigenvalue weighted by atomic mass is 9.99. The van der Waals surface area contributed by atoms with Crippen molar-refractivity contribution in [2.75, 3.05) is 11.9 Å². The van der Waals surface area contributed by atoms with Crippen LogP contribution in [0.2, 0.25) is 0 Å². The number of hydrogen-bond donors (Lipinski definition) is 2. The molecule has 2 N–H and O–H groups in total.